The molecule has 2 aromatic carbocycles. The molecule has 0 atom stereocenters. The summed E-state index contributed by atoms with van der Waals surface area (Å²) in [6.07, 6.45) is 6.04. The van der Waals surface area contributed by atoms with E-state index in [1.54, 1.807) is 12.1 Å². The normalized spacial score (nSPS) is 20.0. The second-order valence-electron chi connectivity index (χ2n) is 9.97. The molecule has 0 aromatic heterocycles. The predicted octanol–water partition coefficient (Wildman–Crippen LogP) is 5.34. The quantitative estimate of drug-likeness (QED) is 0.446. The van der Waals surface area contributed by atoms with Crippen LogP contribution in [-0.2, 0) is 22.4 Å². The van der Waals surface area contributed by atoms with Gasteiger partial charge in [0.15, 0.2) is 0 Å². The van der Waals surface area contributed by atoms with Gasteiger partial charge >= 0.3 is 0 Å². The Kier molecular flexibility index (Phi) is 10.0. The first-order chi connectivity index (χ1) is 16.7. The lowest BCUT2D eigenvalue weighted by molar-refractivity contribution is -0.127. The molecule has 0 saturated heterocycles. The number of carbonyl (C=O) groups excluding carboxylic acids is 2. The van der Waals surface area contributed by atoms with Crippen LogP contribution in [0.5, 0.6) is 0 Å². The van der Waals surface area contributed by atoms with E-state index in [2.05, 4.69) is 60.8 Å². The van der Waals surface area contributed by atoms with Gasteiger partial charge in [-0.05, 0) is 82.8 Å². The van der Waals surface area contributed by atoms with Crippen LogP contribution in [0.2, 0.25) is 10.0 Å². The lowest BCUT2D eigenvalue weighted by Crippen LogP contribution is -2.52. The molecule has 0 radical (unpaired) electrons. The van der Waals surface area contributed by atoms with Gasteiger partial charge in [0.25, 0.3) is 0 Å². The molecular weight excluding hydrogens is 481 g/mol. The van der Waals surface area contributed by atoms with Gasteiger partial charge < -0.3 is 15.5 Å². The molecule has 0 bridgehead atoms. The molecule has 1 saturated carbocycles. The summed E-state index contributed by atoms with van der Waals surface area (Å²) < 4.78 is 0. The first kappa shape index (κ1) is 27.5. The first-order valence-electron chi connectivity index (χ1n) is 12.4. The Bertz CT molecular complexity index is 1020. The lowest BCUT2D eigenvalue weighted by atomic mass is 9.74. The number of benzene rings is 2. The standard InChI is InChI=1S/C28H37Cl2N3O2/c1-20-5-4-6-22(17-20)19-28(33(2)3)14-11-23(12-15-28)32-27(35)10-9-26(34)31-16-13-21-7-8-24(29)25(30)18-21/h4-8,17-18,23H,9-16,19H2,1-3H3,(H,31,34)(H,32,35). The largest absolute Gasteiger partial charge is 0.356 e. The van der Waals surface area contributed by atoms with E-state index in [9.17, 15) is 9.59 Å². The molecule has 0 spiro atoms. The van der Waals surface area contributed by atoms with Crippen LogP contribution >= 0.6 is 23.2 Å². The molecule has 0 heterocycles. The van der Waals surface area contributed by atoms with E-state index < -0.39 is 0 Å². The van der Waals surface area contributed by atoms with Crippen LogP contribution in [0.15, 0.2) is 42.5 Å². The van der Waals surface area contributed by atoms with Crippen molar-refractivity contribution in [2.24, 2.45) is 0 Å². The van der Waals surface area contributed by atoms with Gasteiger partial charge in [-0.2, -0.15) is 0 Å². The monoisotopic (exact) mass is 517 g/mol. The van der Waals surface area contributed by atoms with Crippen molar-refractivity contribution in [1.29, 1.82) is 0 Å². The second-order valence-corrected chi connectivity index (χ2v) is 10.8. The van der Waals surface area contributed by atoms with Gasteiger partial charge in [-0.1, -0.05) is 59.1 Å². The van der Waals surface area contributed by atoms with Gasteiger partial charge in [0.05, 0.1) is 10.0 Å². The Morgan fingerprint density at radius 2 is 1.69 bits per heavy atom. The predicted molar refractivity (Wildman–Crippen MR) is 144 cm³/mol. The third-order valence-electron chi connectivity index (χ3n) is 7.14. The summed E-state index contributed by atoms with van der Waals surface area (Å²) >= 11 is 12.0. The van der Waals surface area contributed by atoms with E-state index in [0.717, 1.165) is 37.7 Å². The second kappa shape index (κ2) is 12.8. The zero-order chi connectivity index (χ0) is 25.4. The van der Waals surface area contributed by atoms with E-state index in [0.29, 0.717) is 23.0 Å². The summed E-state index contributed by atoms with van der Waals surface area (Å²) in [5.41, 5.74) is 3.77. The van der Waals surface area contributed by atoms with Crippen molar-refractivity contribution in [2.75, 3.05) is 20.6 Å². The smallest absolute Gasteiger partial charge is 0.220 e. The van der Waals surface area contributed by atoms with Crippen LogP contribution in [0.3, 0.4) is 0 Å². The lowest BCUT2D eigenvalue weighted by Gasteiger charge is -2.45. The Balaban J connectivity index is 1.38. The minimum Gasteiger partial charge on any atom is -0.356 e. The number of carbonyl (C=O) groups is 2. The highest BCUT2D eigenvalue weighted by Crippen LogP contribution is 2.35. The zero-order valence-corrected chi connectivity index (χ0v) is 22.5. The van der Waals surface area contributed by atoms with Gasteiger partial charge in [-0.15, -0.1) is 0 Å². The molecule has 2 amide bonds. The van der Waals surface area contributed by atoms with Gasteiger partial charge in [-0.3, -0.25) is 9.59 Å². The molecule has 2 N–H and O–H groups in total. The number of nitrogens with zero attached hydrogens (tertiary/aromatic N) is 1. The summed E-state index contributed by atoms with van der Waals surface area (Å²) in [7, 11) is 4.32. The average molecular weight is 519 g/mol. The van der Waals surface area contributed by atoms with E-state index in [4.69, 9.17) is 23.2 Å². The number of rotatable bonds is 10. The van der Waals surface area contributed by atoms with Crippen LogP contribution in [-0.4, -0.2) is 48.9 Å². The topological polar surface area (TPSA) is 61.4 Å². The molecular formula is C28H37Cl2N3O2. The molecule has 1 aliphatic carbocycles. The van der Waals surface area contributed by atoms with Crippen molar-refractivity contribution in [3.63, 3.8) is 0 Å². The van der Waals surface area contributed by atoms with Gasteiger partial charge in [0, 0.05) is 31.0 Å². The van der Waals surface area contributed by atoms with Crippen LogP contribution in [0, 0.1) is 6.92 Å². The van der Waals surface area contributed by atoms with Crippen LogP contribution in [0.4, 0.5) is 0 Å². The van der Waals surface area contributed by atoms with Gasteiger partial charge in [-0.25, -0.2) is 0 Å². The number of amides is 2. The molecule has 1 aliphatic rings. The molecule has 35 heavy (non-hydrogen) atoms. The number of hydrogen-bond donors (Lipinski definition) is 2. The van der Waals surface area contributed by atoms with E-state index in [1.807, 2.05) is 6.07 Å². The fraction of sp³-hybridized carbons (Fsp3) is 0.500. The maximum Gasteiger partial charge on any atom is 0.220 e. The molecule has 7 heteroatoms. The Morgan fingerprint density at radius 3 is 2.34 bits per heavy atom. The third-order valence-corrected chi connectivity index (χ3v) is 7.88. The summed E-state index contributed by atoms with van der Waals surface area (Å²) in [5, 5.41) is 7.05. The number of likely N-dealkylation sites (N-methyl/N-ethyl adjacent to an activating group) is 1. The highest BCUT2D eigenvalue weighted by molar-refractivity contribution is 6.42. The van der Waals surface area contributed by atoms with E-state index in [1.165, 1.54) is 11.1 Å². The number of halogens is 2. The van der Waals surface area contributed by atoms with Gasteiger partial charge in [0.1, 0.15) is 0 Å². The minimum absolute atomic E-state index is 0.0503. The SMILES string of the molecule is Cc1cccc(CC2(N(C)C)CCC(NC(=O)CCC(=O)NCCc3ccc(Cl)c(Cl)c3)CC2)c1. The maximum absolute atomic E-state index is 12.5. The fourth-order valence-corrected chi connectivity index (χ4v) is 5.26. The zero-order valence-electron chi connectivity index (χ0n) is 21.0. The molecule has 0 unspecified atom stereocenters. The highest BCUT2D eigenvalue weighted by Gasteiger charge is 2.37. The summed E-state index contributed by atoms with van der Waals surface area (Å²) in [6, 6.07) is 14.4. The minimum atomic E-state index is -0.117. The Hall–Kier alpha value is -2.08. The highest BCUT2D eigenvalue weighted by atomic mass is 35.5. The fourth-order valence-electron chi connectivity index (χ4n) is 4.94. The summed E-state index contributed by atoms with van der Waals surface area (Å²) in [5.74, 6) is -0.167. The van der Waals surface area contributed by atoms with E-state index >= 15 is 0 Å². The number of nitrogens with one attached hydrogen (secondary N) is 2. The molecule has 5 nitrogen and oxygen atoms in total. The van der Waals surface area contributed by atoms with Crippen molar-refractivity contribution < 1.29 is 9.59 Å². The van der Waals surface area contributed by atoms with Crippen molar-refractivity contribution in [3.8, 4) is 0 Å². The summed E-state index contributed by atoms with van der Waals surface area (Å²) in [4.78, 5) is 27.0. The average Bonchev–Trinajstić information content (AvgIpc) is 2.81. The first-order valence-corrected chi connectivity index (χ1v) is 13.2. The molecule has 2 aromatic rings. The van der Waals surface area contributed by atoms with Crippen molar-refractivity contribution in [2.45, 2.75) is 69.9 Å². The molecule has 3 rings (SSSR count). The third kappa shape index (κ3) is 8.23. The summed E-state index contributed by atoms with van der Waals surface area (Å²) in [6.45, 7) is 2.63. The molecule has 190 valence electrons. The van der Waals surface area contributed by atoms with Gasteiger partial charge in [0.2, 0.25) is 11.8 Å². The van der Waals surface area contributed by atoms with Crippen LogP contribution < -0.4 is 10.6 Å². The molecule has 0 aliphatic heterocycles. The number of aryl methyl sites for hydroxylation is 1. The van der Waals surface area contributed by atoms with Crippen LogP contribution in [0.25, 0.3) is 0 Å². The Morgan fingerprint density at radius 1 is 0.971 bits per heavy atom. The van der Waals surface area contributed by atoms with Crippen molar-refractivity contribution in [1.82, 2.24) is 15.5 Å². The van der Waals surface area contributed by atoms with Crippen molar-refractivity contribution >= 4 is 35.0 Å². The van der Waals surface area contributed by atoms with E-state index in [-0.39, 0.29) is 36.2 Å². The van der Waals surface area contributed by atoms with Crippen molar-refractivity contribution in [3.05, 3.63) is 69.2 Å². The number of hydrogen-bond acceptors (Lipinski definition) is 3. The Labute approximate surface area is 219 Å². The van der Waals surface area contributed by atoms with Crippen LogP contribution in [0.1, 0.15) is 55.2 Å². The maximum atomic E-state index is 12.5. The molecule has 1 fully saturated rings.